The molecule has 0 saturated carbocycles. The summed E-state index contributed by atoms with van der Waals surface area (Å²) in [5.74, 6) is 1.27. The minimum absolute atomic E-state index is 0.128. The molecule has 1 unspecified atom stereocenters. The monoisotopic (exact) mass is 295 g/mol. The smallest absolute Gasteiger partial charge is 0.169 e. The zero-order valence-corrected chi connectivity index (χ0v) is 13.0. The third kappa shape index (κ3) is 4.42. The van der Waals surface area contributed by atoms with E-state index in [0.717, 1.165) is 26.2 Å². The Morgan fingerprint density at radius 2 is 1.95 bits per heavy atom. The molecule has 0 aliphatic carbocycles. The molecule has 8 heteroatoms. The molecule has 1 aromatic heterocycles. The fraction of sp³-hybridized carbons (Fsp3) is 0.692. The fourth-order valence-corrected chi connectivity index (χ4v) is 2.19. The van der Waals surface area contributed by atoms with Gasteiger partial charge in [0.25, 0.3) is 0 Å². The zero-order valence-electron chi connectivity index (χ0n) is 13.0. The van der Waals surface area contributed by atoms with E-state index in [1.54, 1.807) is 7.11 Å². The van der Waals surface area contributed by atoms with Gasteiger partial charge in [-0.2, -0.15) is 0 Å². The number of nitrogens with zero attached hydrogens (tertiary/aromatic N) is 4. The standard InChI is InChI=1S/C13H25N7O/c1-10(8-21-3)17-12-11(14)13(16-9-15-12)18-20-6-4-19(2)5-7-20/h9-10H,4-8,14H2,1-3H3,(H2,15,16,17,18). The second-order valence-electron chi connectivity index (χ2n) is 5.39. The van der Waals surface area contributed by atoms with Crippen molar-refractivity contribution in [1.29, 1.82) is 0 Å². The van der Waals surface area contributed by atoms with Gasteiger partial charge in [0.15, 0.2) is 11.6 Å². The maximum Gasteiger partial charge on any atom is 0.169 e. The molecule has 0 spiro atoms. The number of hydrogen-bond donors (Lipinski definition) is 3. The van der Waals surface area contributed by atoms with Crippen LogP contribution < -0.4 is 16.5 Å². The molecule has 4 N–H and O–H groups in total. The Morgan fingerprint density at radius 3 is 2.62 bits per heavy atom. The lowest BCUT2D eigenvalue weighted by Gasteiger charge is -2.33. The van der Waals surface area contributed by atoms with Gasteiger partial charge in [0, 0.05) is 39.3 Å². The highest BCUT2D eigenvalue weighted by Gasteiger charge is 2.16. The van der Waals surface area contributed by atoms with Crippen molar-refractivity contribution < 1.29 is 4.74 Å². The molecule has 1 fully saturated rings. The van der Waals surface area contributed by atoms with Gasteiger partial charge in [-0.15, -0.1) is 0 Å². The molecule has 8 nitrogen and oxygen atoms in total. The largest absolute Gasteiger partial charge is 0.393 e. The van der Waals surface area contributed by atoms with Crippen LogP contribution in [0.4, 0.5) is 17.3 Å². The van der Waals surface area contributed by atoms with E-state index < -0.39 is 0 Å². The third-order valence-electron chi connectivity index (χ3n) is 3.45. The van der Waals surface area contributed by atoms with Gasteiger partial charge in [-0.25, -0.2) is 15.0 Å². The predicted octanol–water partition coefficient (Wildman–Crippen LogP) is 0.0799. The molecule has 0 aromatic carbocycles. The number of hydrogen-bond acceptors (Lipinski definition) is 8. The summed E-state index contributed by atoms with van der Waals surface area (Å²) < 4.78 is 5.10. The zero-order chi connectivity index (χ0) is 15.2. The van der Waals surface area contributed by atoms with Crippen LogP contribution in [0.3, 0.4) is 0 Å². The van der Waals surface area contributed by atoms with Crippen molar-refractivity contribution in [1.82, 2.24) is 19.9 Å². The number of piperazine rings is 1. The fourth-order valence-electron chi connectivity index (χ4n) is 2.19. The van der Waals surface area contributed by atoms with Crippen LogP contribution in [0.2, 0.25) is 0 Å². The summed E-state index contributed by atoms with van der Waals surface area (Å²) in [6.07, 6.45) is 1.51. The Labute approximate surface area is 125 Å². The number of ether oxygens (including phenoxy) is 1. The van der Waals surface area contributed by atoms with Crippen LogP contribution in [0.15, 0.2) is 6.33 Å². The number of nitrogen functional groups attached to an aromatic ring is 1. The number of nitrogens with one attached hydrogen (secondary N) is 2. The lowest BCUT2D eigenvalue weighted by atomic mass is 10.3. The van der Waals surface area contributed by atoms with Crippen LogP contribution in [0.5, 0.6) is 0 Å². The molecule has 1 atom stereocenters. The number of nitrogens with two attached hydrogens (primary N) is 1. The van der Waals surface area contributed by atoms with E-state index in [1.165, 1.54) is 6.33 Å². The molecule has 0 bridgehead atoms. The molecule has 1 aliphatic heterocycles. The first kappa shape index (κ1) is 15.7. The van der Waals surface area contributed by atoms with Crippen molar-refractivity contribution in [2.45, 2.75) is 13.0 Å². The normalized spacial score (nSPS) is 18.4. The summed E-state index contributed by atoms with van der Waals surface area (Å²) in [4.78, 5) is 10.7. The summed E-state index contributed by atoms with van der Waals surface area (Å²) in [7, 11) is 3.79. The Hall–Kier alpha value is -1.64. The van der Waals surface area contributed by atoms with Crippen molar-refractivity contribution in [3.8, 4) is 0 Å². The molecule has 1 aliphatic rings. The summed E-state index contributed by atoms with van der Waals surface area (Å²) in [6.45, 7) is 6.51. The molecule has 1 saturated heterocycles. The van der Waals surface area contributed by atoms with Crippen molar-refractivity contribution in [2.75, 3.05) is 63.4 Å². The van der Waals surface area contributed by atoms with E-state index in [-0.39, 0.29) is 6.04 Å². The molecule has 2 rings (SSSR count). The lowest BCUT2D eigenvalue weighted by molar-refractivity contribution is 0.178. The van der Waals surface area contributed by atoms with E-state index in [2.05, 4.69) is 37.7 Å². The number of likely N-dealkylation sites (N-methyl/N-ethyl adjacent to an activating group) is 1. The maximum absolute atomic E-state index is 6.14. The maximum atomic E-state index is 6.14. The highest BCUT2D eigenvalue weighted by Crippen LogP contribution is 2.23. The van der Waals surface area contributed by atoms with Crippen LogP contribution in [-0.2, 0) is 4.74 Å². The van der Waals surface area contributed by atoms with Gasteiger partial charge < -0.3 is 26.1 Å². The Kier molecular flexibility index (Phi) is 5.54. The lowest BCUT2D eigenvalue weighted by Crippen LogP contribution is -2.47. The summed E-state index contributed by atoms with van der Waals surface area (Å²) >= 11 is 0. The topological polar surface area (TPSA) is 91.6 Å². The average Bonchev–Trinajstić information content (AvgIpc) is 2.46. The number of methoxy groups -OCH3 is 1. The average molecular weight is 295 g/mol. The molecule has 118 valence electrons. The first-order chi connectivity index (χ1) is 10.1. The minimum Gasteiger partial charge on any atom is -0.393 e. The molecule has 2 heterocycles. The van der Waals surface area contributed by atoms with Crippen LogP contribution in [0, 0.1) is 0 Å². The van der Waals surface area contributed by atoms with E-state index >= 15 is 0 Å². The minimum atomic E-state index is 0.128. The van der Waals surface area contributed by atoms with Gasteiger partial charge >= 0.3 is 0 Å². The van der Waals surface area contributed by atoms with Crippen LogP contribution in [-0.4, -0.2) is 72.9 Å². The quantitative estimate of drug-likeness (QED) is 0.679. The highest BCUT2D eigenvalue weighted by molar-refractivity contribution is 5.73. The number of rotatable bonds is 6. The number of anilines is 3. The number of aromatic nitrogens is 2. The first-order valence-corrected chi connectivity index (χ1v) is 7.16. The molecule has 21 heavy (non-hydrogen) atoms. The van der Waals surface area contributed by atoms with Crippen molar-refractivity contribution in [2.24, 2.45) is 0 Å². The SMILES string of the molecule is COCC(C)Nc1ncnc(NN2CCN(C)CC2)c1N. The first-order valence-electron chi connectivity index (χ1n) is 7.16. The van der Waals surface area contributed by atoms with Crippen molar-refractivity contribution in [3.05, 3.63) is 6.33 Å². The van der Waals surface area contributed by atoms with E-state index in [0.29, 0.717) is 23.9 Å². The summed E-state index contributed by atoms with van der Waals surface area (Å²) in [6, 6.07) is 0.128. The van der Waals surface area contributed by atoms with Gasteiger partial charge in [-0.1, -0.05) is 0 Å². The highest BCUT2D eigenvalue weighted by atomic mass is 16.5. The Morgan fingerprint density at radius 1 is 1.29 bits per heavy atom. The van der Waals surface area contributed by atoms with Gasteiger partial charge in [0.2, 0.25) is 0 Å². The van der Waals surface area contributed by atoms with E-state index in [9.17, 15) is 0 Å². The van der Waals surface area contributed by atoms with E-state index in [1.807, 2.05) is 6.92 Å². The third-order valence-corrected chi connectivity index (χ3v) is 3.45. The Balaban J connectivity index is 2.00. The second kappa shape index (κ2) is 7.39. The van der Waals surface area contributed by atoms with Gasteiger partial charge in [-0.05, 0) is 14.0 Å². The van der Waals surface area contributed by atoms with Crippen LogP contribution >= 0.6 is 0 Å². The van der Waals surface area contributed by atoms with Crippen molar-refractivity contribution in [3.63, 3.8) is 0 Å². The van der Waals surface area contributed by atoms with Gasteiger partial charge in [0.05, 0.1) is 6.61 Å². The second-order valence-corrected chi connectivity index (χ2v) is 5.39. The van der Waals surface area contributed by atoms with E-state index in [4.69, 9.17) is 10.5 Å². The molecule has 0 amide bonds. The molecule has 1 aromatic rings. The summed E-state index contributed by atoms with van der Waals surface area (Å²) in [5, 5.41) is 5.35. The van der Waals surface area contributed by atoms with Gasteiger partial charge in [-0.3, -0.25) is 0 Å². The van der Waals surface area contributed by atoms with Gasteiger partial charge in [0.1, 0.15) is 12.0 Å². The number of hydrazine groups is 1. The predicted molar refractivity (Wildman–Crippen MR) is 84.1 cm³/mol. The molecule has 0 radical (unpaired) electrons. The summed E-state index contributed by atoms with van der Waals surface area (Å²) in [5.41, 5.74) is 9.95. The Bertz CT molecular complexity index is 448. The van der Waals surface area contributed by atoms with Crippen LogP contribution in [0.1, 0.15) is 6.92 Å². The molecular formula is C13H25N7O. The molecular weight excluding hydrogens is 270 g/mol. The van der Waals surface area contributed by atoms with Crippen LogP contribution in [0.25, 0.3) is 0 Å². The van der Waals surface area contributed by atoms with Crippen molar-refractivity contribution >= 4 is 17.3 Å².